The lowest BCUT2D eigenvalue weighted by atomic mass is 9.62. The maximum atomic E-state index is 14.5. The molecule has 1 spiro atoms. The summed E-state index contributed by atoms with van der Waals surface area (Å²) in [6.45, 7) is 8.75. The van der Waals surface area contributed by atoms with Crippen molar-refractivity contribution >= 4 is 17.5 Å². The SMILES string of the molecule is C=CC(=O)N1CCN(c2nc(OCC3CCCN3C)nc3c2CC[C@@]2(CCc4c(C)cccc4C2)C3=O)CC1CC#N. The van der Waals surface area contributed by atoms with Gasteiger partial charge in [-0.15, -0.1) is 0 Å². The number of benzene rings is 1. The summed E-state index contributed by atoms with van der Waals surface area (Å²) >= 11 is 0. The lowest BCUT2D eigenvalue weighted by Crippen LogP contribution is -2.55. The van der Waals surface area contributed by atoms with Crippen LogP contribution in [0.25, 0.3) is 0 Å². The monoisotopic (exact) mass is 568 g/mol. The van der Waals surface area contributed by atoms with Gasteiger partial charge in [-0.05, 0) is 88.2 Å². The highest BCUT2D eigenvalue weighted by atomic mass is 16.5. The van der Waals surface area contributed by atoms with Gasteiger partial charge in [-0.25, -0.2) is 0 Å². The predicted octanol–water partition coefficient (Wildman–Crippen LogP) is 3.68. The molecule has 9 heteroatoms. The largest absolute Gasteiger partial charge is 0.462 e. The van der Waals surface area contributed by atoms with Crippen molar-refractivity contribution in [2.75, 3.05) is 44.7 Å². The van der Waals surface area contributed by atoms with Crippen LogP contribution in [0, 0.1) is 23.7 Å². The minimum Gasteiger partial charge on any atom is -0.462 e. The maximum absolute atomic E-state index is 14.5. The van der Waals surface area contributed by atoms with Gasteiger partial charge in [-0.1, -0.05) is 24.8 Å². The van der Waals surface area contributed by atoms with Crippen molar-refractivity contribution in [1.82, 2.24) is 19.8 Å². The topological polar surface area (TPSA) is 103 Å². The Kier molecular flexibility index (Phi) is 7.75. The smallest absolute Gasteiger partial charge is 0.319 e. The molecule has 220 valence electrons. The Hall–Kier alpha value is -3.77. The van der Waals surface area contributed by atoms with Crippen LogP contribution in [0.2, 0.25) is 0 Å². The molecule has 2 aromatic rings. The summed E-state index contributed by atoms with van der Waals surface area (Å²) in [6, 6.07) is 8.89. The highest BCUT2D eigenvalue weighted by molar-refractivity contribution is 6.02. The number of piperazine rings is 1. The van der Waals surface area contributed by atoms with Crippen molar-refractivity contribution in [3.05, 3.63) is 58.8 Å². The van der Waals surface area contributed by atoms with E-state index in [0.29, 0.717) is 50.2 Å². The zero-order valence-electron chi connectivity index (χ0n) is 24.8. The Morgan fingerprint density at radius 2 is 2.00 bits per heavy atom. The van der Waals surface area contributed by atoms with Gasteiger partial charge in [0, 0.05) is 36.7 Å². The van der Waals surface area contributed by atoms with Crippen molar-refractivity contribution in [2.45, 2.75) is 70.4 Å². The van der Waals surface area contributed by atoms with Crippen LogP contribution in [-0.2, 0) is 24.1 Å². The number of rotatable bonds is 6. The second-order valence-corrected chi connectivity index (χ2v) is 12.4. The van der Waals surface area contributed by atoms with E-state index in [1.54, 1.807) is 4.90 Å². The Bertz CT molecular complexity index is 1450. The van der Waals surface area contributed by atoms with Gasteiger partial charge >= 0.3 is 6.01 Å². The number of carbonyl (C=O) groups excluding carboxylic acids is 2. The summed E-state index contributed by atoms with van der Waals surface area (Å²) in [5.74, 6) is 0.629. The highest BCUT2D eigenvalue weighted by Gasteiger charge is 2.47. The van der Waals surface area contributed by atoms with Crippen molar-refractivity contribution in [3.8, 4) is 12.1 Å². The van der Waals surface area contributed by atoms with Crippen LogP contribution >= 0.6 is 0 Å². The van der Waals surface area contributed by atoms with E-state index in [4.69, 9.17) is 14.7 Å². The van der Waals surface area contributed by atoms with Gasteiger partial charge in [0.15, 0.2) is 5.78 Å². The minimum absolute atomic E-state index is 0.0939. The second-order valence-electron chi connectivity index (χ2n) is 12.4. The summed E-state index contributed by atoms with van der Waals surface area (Å²) in [5.41, 5.74) is 4.83. The summed E-state index contributed by atoms with van der Waals surface area (Å²) in [7, 11) is 2.11. The van der Waals surface area contributed by atoms with E-state index in [9.17, 15) is 14.9 Å². The molecule has 4 aliphatic rings. The molecule has 1 aromatic heterocycles. The quantitative estimate of drug-likeness (QED) is 0.487. The molecule has 9 nitrogen and oxygen atoms in total. The Labute approximate surface area is 248 Å². The summed E-state index contributed by atoms with van der Waals surface area (Å²) < 4.78 is 6.23. The molecular weight excluding hydrogens is 528 g/mol. The van der Waals surface area contributed by atoms with Crippen LogP contribution in [0.5, 0.6) is 6.01 Å². The lowest BCUT2D eigenvalue weighted by molar-refractivity contribution is -0.128. The number of nitrogens with zero attached hydrogens (tertiary/aromatic N) is 6. The van der Waals surface area contributed by atoms with E-state index in [2.05, 4.69) is 54.6 Å². The van der Waals surface area contributed by atoms with Gasteiger partial charge in [0.05, 0.1) is 18.5 Å². The van der Waals surface area contributed by atoms with Crippen LogP contribution in [0.1, 0.15) is 64.8 Å². The first kappa shape index (κ1) is 28.4. The molecule has 0 bridgehead atoms. The molecule has 6 rings (SSSR count). The molecule has 2 saturated heterocycles. The Morgan fingerprint density at radius 3 is 2.74 bits per heavy atom. The molecule has 2 aliphatic heterocycles. The van der Waals surface area contributed by atoms with E-state index in [1.807, 2.05) is 0 Å². The number of ether oxygens (including phenoxy) is 1. The third-order valence-electron chi connectivity index (χ3n) is 10.0. The minimum atomic E-state index is -0.471. The molecule has 2 fully saturated rings. The third kappa shape index (κ3) is 5.06. The fraction of sp³-hybridized carbons (Fsp3) is 0.545. The summed E-state index contributed by atoms with van der Waals surface area (Å²) in [4.78, 5) is 42.8. The van der Waals surface area contributed by atoms with Gasteiger partial charge < -0.3 is 19.4 Å². The van der Waals surface area contributed by atoms with Crippen LogP contribution in [0.3, 0.4) is 0 Å². The van der Waals surface area contributed by atoms with E-state index in [1.165, 1.54) is 22.8 Å². The standard InChI is InChI=1S/C33H40N6O3/c1-4-28(40)39-18-17-38(20-24(39)12-15-34)31-27-11-14-33(13-10-26-22(2)7-5-8-23(26)19-33)30(41)29(27)35-32(36-31)42-21-25-9-6-16-37(25)3/h4-5,7-8,24-25H,1,6,9-14,16-21H2,2-3H3/t24?,25?,33-/m1/s1. The average molecular weight is 569 g/mol. The Balaban J connectivity index is 1.35. The van der Waals surface area contributed by atoms with E-state index >= 15 is 0 Å². The summed E-state index contributed by atoms with van der Waals surface area (Å²) in [6.07, 6.45) is 7.62. The highest BCUT2D eigenvalue weighted by Crippen LogP contribution is 2.47. The van der Waals surface area contributed by atoms with Gasteiger partial charge in [0.25, 0.3) is 0 Å². The molecule has 42 heavy (non-hydrogen) atoms. The number of likely N-dealkylation sites (N-methyl/N-ethyl adjacent to an activating group) is 1. The molecule has 3 atom stereocenters. The lowest BCUT2D eigenvalue weighted by Gasteiger charge is -2.43. The first-order valence-electron chi connectivity index (χ1n) is 15.2. The molecule has 1 aromatic carbocycles. The first-order valence-corrected chi connectivity index (χ1v) is 15.2. The van der Waals surface area contributed by atoms with Crippen molar-refractivity contribution in [3.63, 3.8) is 0 Å². The fourth-order valence-electron chi connectivity index (χ4n) is 7.53. The van der Waals surface area contributed by atoms with E-state index in [-0.39, 0.29) is 30.2 Å². The third-order valence-corrected chi connectivity index (χ3v) is 10.0. The number of aromatic nitrogens is 2. The fourth-order valence-corrected chi connectivity index (χ4v) is 7.53. The summed E-state index contributed by atoms with van der Waals surface area (Å²) in [5, 5.41) is 9.51. The number of carbonyl (C=O) groups is 2. The van der Waals surface area contributed by atoms with E-state index < -0.39 is 5.41 Å². The molecule has 0 N–H and O–H groups in total. The number of likely N-dealkylation sites (tertiary alicyclic amines) is 1. The number of aryl methyl sites for hydroxylation is 1. The Morgan fingerprint density at radius 1 is 1.19 bits per heavy atom. The number of Topliss-reactive ketones (excluding diaryl/α,β-unsaturated/α-hetero) is 1. The zero-order chi connectivity index (χ0) is 29.4. The van der Waals surface area contributed by atoms with Gasteiger partial charge in [-0.3, -0.25) is 9.59 Å². The van der Waals surface area contributed by atoms with Crippen LogP contribution in [-0.4, -0.2) is 83.4 Å². The van der Waals surface area contributed by atoms with Crippen LogP contribution in [0.4, 0.5) is 5.82 Å². The van der Waals surface area contributed by atoms with Crippen molar-refractivity contribution in [1.29, 1.82) is 5.26 Å². The maximum Gasteiger partial charge on any atom is 0.319 e. The van der Waals surface area contributed by atoms with E-state index in [0.717, 1.165) is 50.6 Å². The van der Waals surface area contributed by atoms with Crippen LogP contribution < -0.4 is 9.64 Å². The number of fused-ring (bicyclic) bond motifs is 2. The number of anilines is 1. The second kappa shape index (κ2) is 11.5. The first-order chi connectivity index (χ1) is 20.3. The van der Waals surface area contributed by atoms with Gasteiger partial charge in [0.1, 0.15) is 18.1 Å². The average Bonchev–Trinajstić information content (AvgIpc) is 3.42. The van der Waals surface area contributed by atoms with Gasteiger partial charge in [0.2, 0.25) is 5.91 Å². The molecule has 2 aliphatic carbocycles. The molecule has 3 heterocycles. The normalized spacial score (nSPS) is 25.6. The number of hydrogen-bond acceptors (Lipinski definition) is 8. The molecule has 0 saturated carbocycles. The van der Waals surface area contributed by atoms with Crippen molar-refractivity contribution < 1.29 is 14.3 Å². The zero-order valence-corrected chi connectivity index (χ0v) is 24.8. The number of nitriles is 1. The van der Waals surface area contributed by atoms with Gasteiger partial charge in [-0.2, -0.15) is 15.2 Å². The molecular formula is C33H40N6O3. The number of amides is 1. The number of ketones is 1. The molecule has 0 radical (unpaired) electrons. The predicted molar refractivity (Wildman–Crippen MR) is 160 cm³/mol. The molecule has 1 amide bonds. The molecule has 2 unspecified atom stereocenters. The van der Waals surface area contributed by atoms with Crippen LogP contribution in [0.15, 0.2) is 30.9 Å². The van der Waals surface area contributed by atoms with Crippen molar-refractivity contribution in [2.24, 2.45) is 5.41 Å². The number of hydrogen-bond donors (Lipinski definition) is 0.